The van der Waals surface area contributed by atoms with Gasteiger partial charge in [0.1, 0.15) is 0 Å². The fraction of sp³-hybridized carbons (Fsp3) is 0.625. The minimum atomic E-state index is 0.0738. The number of likely N-dealkylation sites (tertiary alicyclic amines) is 1. The molecule has 1 saturated heterocycles. The zero-order valence-corrected chi connectivity index (χ0v) is 6.34. The van der Waals surface area contributed by atoms with E-state index in [0.717, 1.165) is 19.0 Å². The van der Waals surface area contributed by atoms with Crippen LogP contribution in [0.5, 0.6) is 0 Å². The summed E-state index contributed by atoms with van der Waals surface area (Å²) in [6.07, 6.45) is 2.56. The molecule has 0 aromatic rings. The predicted molar refractivity (Wildman–Crippen MR) is 40.6 cm³/mol. The summed E-state index contributed by atoms with van der Waals surface area (Å²) < 4.78 is 0. The minimum Gasteiger partial charge on any atom is -0.338 e. The molecule has 0 aliphatic carbocycles. The van der Waals surface area contributed by atoms with E-state index in [1.807, 2.05) is 4.90 Å². The highest BCUT2D eigenvalue weighted by molar-refractivity contribution is 5.87. The van der Waals surface area contributed by atoms with Crippen LogP contribution in [0.25, 0.3) is 0 Å². The lowest BCUT2D eigenvalue weighted by molar-refractivity contribution is -0.132. The molecule has 2 nitrogen and oxygen atoms in total. The van der Waals surface area contributed by atoms with E-state index in [2.05, 4.69) is 13.5 Å². The van der Waals surface area contributed by atoms with Gasteiger partial charge in [-0.15, -0.1) is 0 Å². The van der Waals surface area contributed by atoms with Crippen molar-refractivity contribution in [1.29, 1.82) is 0 Å². The zero-order chi connectivity index (χ0) is 7.56. The van der Waals surface area contributed by atoms with Crippen molar-refractivity contribution in [2.45, 2.75) is 13.3 Å². The number of amides is 1. The quantitative estimate of drug-likeness (QED) is 0.523. The summed E-state index contributed by atoms with van der Waals surface area (Å²) in [6, 6.07) is 0. The third-order valence-electron chi connectivity index (χ3n) is 2.02. The molecule has 0 unspecified atom stereocenters. The van der Waals surface area contributed by atoms with E-state index in [-0.39, 0.29) is 5.91 Å². The van der Waals surface area contributed by atoms with Gasteiger partial charge in [-0.25, -0.2) is 0 Å². The molecule has 1 amide bonds. The summed E-state index contributed by atoms with van der Waals surface area (Å²) in [5, 5.41) is 0. The van der Waals surface area contributed by atoms with Crippen molar-refractivity contribution in [1.82, 2.24) is 4.90 Å². The van der Waals surface area contributed by atoms with Gasteiger partial charge in [0, 0.05) is 13.1 Å². The molecule has 56 valence electrons. The van der Waals surface area contributed by atoms with Crippen LogP contribution in [-0.4, -0.2) is 23.9 Å². The molecule has 10 heavy (non-hydrogen) atoms. The maximum Gasteiger partial charge on any atom is 0.245 e. The van der Waals surface area contributed by atoms with Gasteiger partial charge < -0.3 is 4.90 Å². The highest BCUT2D eigenvalue weighted by atomic mass is 16.2. The van der Waals surface area contributed by atoms with Crippen LogP contribution in [0.2, 0.25) is 0 Å². The van der Waals surface area contributed by atoms with Crippen LogP contribution < -0.4 is 0 Å². The van der Waals surface area contributed by atoms with Crippen LogP contribution >= 0.6 is 0 Å². The van der Waals surface area contributed by atoms with Crippen molar-refractivity contribution in [3.63, 3.8) is 0 Å². The first-order valence-corrected chi connectivity index (χ1v) is 3.69. The molecular formula is C8H13NO. The fourth-order valence-electron chi connectivity index (χ4n) is 1.14. The SMILES string of the molecule is C=CC(=O)N1CC(CC)C1. The molecule has 0 aromatic carbocycles. The lowest BCUT2D eigenvalue weighted by Gasteiger charge is -2.38. The minimum absolute atomic E-state index is 0.0738. The van der Waals surface area contributed by atoms with Gasteiger partial charge in [0.15, 0.2) is 0 Å². The van der Waals surface area contributed by atoms with Crippen molar-refractivity contribution in [2.24, 2.45) is 5.92 Å². The van der Waals surface area contributed by atoms with Crippen molar-refractivity contribution in [2.75, 3.05) is 13.1 Å². The first-order valence-electron chi connectivity index (χ1n) is 3.69. The molecule has 0 saturated carbocycles. The van der Waals surface area contributed by atoms with Gasteiger partial charge in [-0.3, -0.25) is 4.79 Å². The molecule has 1 rings (SSSR count). The molecular weight excluding hydrogens is 126 g/mol. The van der Waals surface area contributed by atoms with Gasteiger partial charge >= 0.3 is 0 Å². The molecule has 0 aromatic heterocycles. The molecule has 1 aliphatic heterocycles. The van der Waals surface area contributed by atoms with Crippen LogP contribution in [0.15, 0.2) is 12.7 Å². The number of hydrogen-bond donors (Lipinski definition) is 0. The summed E-state index contributed by atoms with van der Waals surface area (Å²) in [4.78, 5) is 12.7. The molecule has 0 radical (unpaired) electrons. The monoisotopic (exact) mass is 139 g/mol. The summed E-state index contributed by atoms with van der Waals surface area (Å²) in [5.41, 5.74) is 0. The predicted octanol–water partition coefficient (Wildman–Crippen LogP) is 1.04. The van der Waals surface area contributed by atoms with Gasteiger partial charge in [0.2, 0.25) is 5.91 Å². The molecule has 1 fully saturated rings. The Morgan fingerprint density at radius 2 is 2.40 bits per heavy atom. The van der Waals surface area contributed by atoms with Crippen molar-refractivity contribution in [3.8, 4) is 0 Å². The molecule has 0 atom stereocenters. The molecule has 0 spiro atoms. The van der Waals surface area contributed by atoms with E-state index in [1.54, 1.807) is 0 Å². The highest BCUT2D eigenvalue weighted by Gasteiger charge is 2.26. The van der Waals surface area contributed by atoms with Crippen LogP contribution in [0.1, 0.15) is 13.3 Å². The Morgan fingerprint density at radius 1 is 1.80 bits per heavy atom. The van der Waals surface area contributed by atoms with Crippen molar-refractivity contribution >= 4 is 5.91 Å². The Bertz CT molecular complexity index is 147. The molecule has 0 bridgehead atoms. The Morgan fingerprint density at radius 3 is 2.80 bits per heavy atom. The Kier molecular flexibility index (Phi) is 2.10. The lowest BCUT2D eigenvalue weighted by atomic mass is 9.97. The van der Waals surface area contributed by atoms with Gasteiger partial charge in [-0.05, 0) is 18.4 Å². The normalized spacial score (nSPS) is 18.3. The Labute approximate surface area is 61.5 Å². The van der Waals surface area contributed by atoms with Crippen LogP contribution in [0, 0.1) is 5.92 Å². The number of carbonyl (C=O) groups is 1. The maximum atomic E-state index is 10.9. The highest BCUT2D eigenvalue weighted by Crippen LogP contribution is 2.18. The van der Waals surface area contributed by atoms with Crippen LogP contribution in [-0.2, 0) is 4.79 Å². The van der Waals surface area contributed by atoms with E-state index in [9.17, 15) is 4.79 Å². The lowest BCUT2D eigenvalue weighted by Crippen LogP contribution is -2.48. The second kappa shape index (κ2) is 2.86. The molecule has 0 N–H and O–H groups in total. The average Bonchev–Trinajstić information content (AvgIpc) is 1.85. The Hall–Kier alpha value is -0.790. The largest absolute Gasteiger partial charge is 0.338 e. The van der Waals surface area contributed by atoms with Crippen LogP contribution in [0.4, 0.5) is 0 Å². The van der Waals surface area contributed by atoms with Crippen molar-refractivity contribution in [3.05, 3.63) is 12.7 Å². The summed E-state index contributed by atoms with van der Waals surface area (Å²) in [6.45, 7) is 7.44. The maximum absolute atomic E-state index is 10.9. The van der Waals surface area contributed by atoms with Crippen LogP contribution in [0.3, 0.4) is 0 Å². The second-order valence-electron chi connectivity index (χ2n) is 2.72. The Balaban J connectivity index is 2.25. The summed E-state index contributed by atoms with van der Waals surface area (Å²) >= 11 is 0. The molecule has 2 heteroatoms. The van der Waals surface area contributed by atoms with Crippen molar-refractivity contribution < 1.29 is 4.79 Å². The summed E-state index contributed by atoms with van der Waals surface area (Å²) in [5.74, 6) is 0.814. The third kappa shape index (κ3) is 1.20. The second-order valence-corrected chi connectivity index (χ2v) is 2.72. The zero-order valence-electron chi connectivity index (χ0n) is 6.34. The fourth-order valence-corrected chi connectivity index (χ4v) is 1.14. The third-order valence-corrected chi connectivity index (χ3v) is 2.02. The number of rotatable bonds is 2. The van der Waals surface area contributed by atoms with Gasteiger partial charge in [-0.1, -0.05) is 13.5 Å². The topological polar surface area (TPSA) is 20.3 Å². The van der Waals surface area contributed by atoms with E-state index in [1.165, 1.54) is 12.5 Å². The smallest absolute Gasteiger partial charge is 0.245 e. The molecule has 1 aliphatic rings. The summed E-state index contributed by atoms with van der Waals surface area (Å²) in [7, 11) is 0. The van der Waals surface area contributed by atoms with E-state index < -0.39 is 0 Å². The first kappa shape index (κ1) is 7.32. The molecule has 1 heterocycles. The van der Waals surface area contributed by atoms with Gasteiger partial charge in [-0.2, -0.15) is 0 Å². The van der Waals surface area contributed by atoms with E-state index in [0.29, 0.717) is 0 Å². The number of hydrogen-bond acceptors (Lipinski definition) is 1. The van der Waals surface area contributed by atoms with Gasteiger partial charge in [0.05, 0.1) is 0 Å². The van der Waals surface area contributed by atoms with E-state index in [4.69, 9.17) is 0 Å². The number of carbonyl (C=O) groups excluding carboxylic acids is 1. The first-order chi connectivity index (χ1) is 4.77. The standard InChI is InChI=1S/C8H13NO/c1-3-7-5-9(6-7)8(10)4-2/h4,7H,2-3,5-6H2,1H3. The van der Waals surface area contributed by atoms with Gasteiger partial charge in [0.25, 0.3) is 0 Å². The van der Waals surface area contributed by atoms with E-state index >= 15 is 0 Å². The average molecular weight is 139 g/mol. The number of nitrogens with zero attached hydrogens (tertiary/aromatic N) is 1.